The fourth-order valence-electron chi connectivity index (χ4n) is 3.11. The standard InChI is InChI=1S/C20H16Cl2N4O/c21-16-8-7-15(10-17(16)22)25-20-23-11-14(12-24-20)19(27)26-9-3-5-13-4-1-2-6-18(13)26/h1-2,4,6-8,10-12H,3,5,9H2,(H,23,24,25). The molecule has 136 valence electrons. The van der Waals surface area contributed by atoms with E-state index in [1.807, 2.05) is 18.2 Å². The molecule has 3 aromatic rings. The molecule has 0 saturated carbocycles. The number of halogens is 2. The van der Waals surface area contributed by atoms with Crippen LogP contribution in [0.5, 0.6) is 0 Å². The van der Waals surface area contributed by atoms with E-state index < -0.39 is 0 Å². The summed E-state index contributed by atoms with van der Waals surface area (Å²) in [6, 6.07) is 13.2. The van der Waals surface area contributed by atoms with Crippen LogP contribution >= 0.6 is 23.2 Å². The molecule has 0 aliphatic carbocycles. The van der Waals surface area contributed by atoms with Crippen LogP contribution < -0.4 is 10.2 Å². The van der Waals surface area contributed by atoms with Crippen molar-refractivity contribution in [1.29, 1.82) is 0 Å². The first-order valence-electron chi connectivity index (χ1n) is 8.56. The highest BCUT2D eigenvalue weighted by Gasteiger charge is 2.23. The highest BCUT2D eigenvalue weighted by Crippen LogP contribution is 2.28. The van der Waals surface area contributed by atoms with Crippen LogP contribution in [0.4, 0.5) is 17.3 Å². The molecule has 27 heavy (non-hydrogen) atoms. The molecule has 1 aliphatic heterocycles. The van der Waals surface area contributed by atoms with Crippen molar-refractivity contribution in [3.05, 3.63) is 76.0 Å². The minimum atomic E-state index is -0.0942. The van der Waals surface area contributed by atoms with Crippen molar-refractivity contribution in [3.63, 3.8) is 0 Å². The van der Waals surface area contributed by atoms with Crippen LogP contribution in [0.1, 0.15) is 22.3 Å². The minimum Gasteiger partial charge on any atom is -0.324 e. The van der Waals surface area contributed by atoms with Crippen LogP contribution in [0.2, 0.25) is 10.0 Å². The number of hydrogen-bond acceptors (Lipinski definition) is 4. The van der Waals surface area contributed by atoms with Crippen LogP contribution in [-0.4, -0.2) is 22.4 Å². The summed E-state index contributed by atoms with van der Waals surface area (Å²) >= 11 is 11.9. The SMILES string of the molecule is O=C(c1cnc(Nc2ccc(Cl)c(Cl)c2)nc1)N1CCCc2ccccc21. The number of rotatable bonds is 3. The molecule has 1 N–H and O–H groups in total. The van der Waals surface area contributed by atoms with Crippen molar-refractivity contribution in [2.45, 2.75) is 12.8 Å². The third-order valence-corrected chi connectivity index (χ3v) is 5.17. The monoisotopic (exact) mass is 398 g/mol. The van der Waals surface area contributed by atoms with Crippen molar-refractivity contribution in [2.24, 2.45) is 0 Å². The van der Waals surface area contributed by atoms with Gasteiger partial charge in [0.05, 0.1) is 15.6 Å². The molecule has 0 atom stereocenters. The average molecular weight is 399 g/mol. The Morgan fingerprint density at radius 1 is 1.04 bits per heavy atom. The third kappa shape index (κ3) is 3.75. The number of nitrogens with one attached hydrogen (secondary N) is 1. The molecular formula is C20H16Cl2N4O. The summed E-state index contributed by atoms with van der Waals surface area (Å²) in [5.41, 5.74) is 3.32. The molecule has 7 heteroatoms. The van der Waals surface area contributed by atoms with Crippen LogP contribution in [0.3, 0.4) is 0 Å². The van der Waals surface area contributed by atoms with E-state index in [4.69, 9.17) is 23.2 Å². The molecule has 4 rings (SSSR count). The van der Waals surface area contributed by atoms with Crippen molar-refractivity contribution < 1.29 is 4.79 Å². The van der Waals surface area contributed by atoms with Gasteiger partial charge in [-0.1, -0.05) is 41.4 Å². The van der Waals surface area contributed by atoms with Crippen LogP contribution in [0, 0.1) is 0 Å². The van der Waals surface area contributed by atoms with Gasteiger partial charge in [-0.05, 0) is 42.7 Å². The fraction of sp³-hybridized carbons (Fsp3) is 0.150. The fourth-order valence-corrected chi connectivity index (χ4v) is 3.40. The van der Waals surface area contributed by atoms with Gasteiger partial charge in [0.2, 0.25) is 5.95 Å². The summed E-state index contributed by atoms with van der Waals surface area (Å²) in [6.45, 7) is 0.694. The van der Waals surface area contributed by atoms with Gasteiger partial charge in [0.25, 0.3) is 5.91 Å². The zero-order chi connectivity index (χ0) is 18.8. The first-order chi connectivity index (χ1) is 13.1. The lowest BCUT2D eigenvalue weighted by atomic mass is 10.0. The summed E-state index contributed by atoms with van der Waals surface area (Å²) < 4.78 is 0. The van der Waals surface area contributed by atoms with Gasteiger partial charge in [-0.3, -0.25) is 4.79 Å². The van der Waals surface area contributed by atoms with Gasteiger partial charge in [0.15, 0.2) is 0 Å². The van der Waals surface area contributed by atoms with Crippen LogP contribution in [0.25, 0.3) is 0 Å². The molecule has 0 fully saturated rings. The van der Waals surface area contributed by atoms with E-state index in [0.717, 1.165) is 18.5 Å². The van der Waals surface area contributed by atoms with E-state index in [0.29, 0.717) is 33.8 Å². The quantitative estimate of drug-likeness (QED) is 0.664. The molecule has 2 aromatic carbocycles. The van der Waals surface area contributed by atoms with Crippen molar-refractivity contribution in [2.75, 3.05) is 16.8 Å². The Morgan fingerprint density at radius 3 is 2.59 bits per heavy atom. The first-order valence-corrected chi connectivity index (χ1v) is 9.31. The number of carbonyl (C=O) groups excluding carboxylic acids is 1. The van der Waals surface area contributed by atoms with Gasteiger partial charge in [0.1, 0.15) is 0 Å². The van der Waals surface area contributed by atoms with Gasteiger partial charge in [-0.2, -0.15) is 0 Å². The molecule has 1 aromatic heterocycles. The Labute approximate surface area is 167 Å². The zero-order valence-electron chi connectivity index (χ0n) is 14.3. The Hall–Kier alpha value is -2.63. The highest BCUT2D eigenvalue weighted by atomic mass is 35.5. The third-order valence-electron chi connectivity index (χ3n) is 4.43. The molecule has 0 unspecified atom stereocenters. The molecule has 0 saturated heterocycles. The molecular weight excluding hydrogens is 383 g/mol. The first kappa shape index (κ1) is 17.8. The Balaban J connectivity index is 1.52. The molecule has 5 nitrogen and oxygen atoms in total. The minimum absolute atomic E-state index is 0.0942. The maximum Gasteiger partial charge on any atom is 0.261 e. The van der Waals surface area contributed by atoms with Crippen molar-refractivity contribution in [1.82, 2.24) is 9.97 Å². The summed E-state index contributed by atoms with van der Waals surface area (Å²) in [7, 11) is 0. The second kappa shape index (κ2) is 7.55. The van der Waals surface area contributed by atoms with E-state index in [1.165, 1.54) is 18.0 Å². The maximum absolute atomic E-state index is 12.9. The van der Waals surface area contributed by atoms with Crippen molar-refractivity contribution >= 4 is 46.4 Å². The number of amides is 1. The molecule has 0 spiro atoms. The summed E-state index contributed by atoms with van der Waals surface area (Å²) in [5.74, 6) is 0.284. The Bertz CT molecular complexity index is 992. The molecule has 0 bridgehead atoms. The lowest BCUT2D eigenvalue weighted by Crippen LogP contribution is -2.35. The van der Waals surface area contributed by atoms with E-state index in [9.17, 15) is 4.79 Å². The second-order valence-electron chi connectivity index (χ2n) is 6.24. The van der Waals surface area contributed by atoms with Gasteiger partial charge < -0.3 is 10.2 Å². The number of nitrogens with zero attached hydrogens (tertiary/aromatic N) is 3. The predicted molar refractivity (Wildman–Crippen MR) is 108 cm³/mol. The number of hydrogen-bond donors (Lipinski definition) is 1. The molecule has 0 radical (unpaired) electrons. The van der Waals surface area contributed by atoms with E-state index in [2.05, 4.69) is 21.4 Å². The molecule has 2 heterocycles. The number of aryl methyl sites for hydroxylation is 1. The Morgan fingerprint density at radius 2 is 1.81 bits per heavy atom. The molecule has 1 amide bonds. The smallest absolute Gasteiger partial charge is 0.261 e. The maximum atomic E-state index is 12.9. The lowest BCUT2D eigenvalue weighted by molar-refractivity contribution is 0.0984. The topological polar surface area (TPSA) is 58.1 Å². The molecule has 1 aliphatic rings. The number of para-hydroxylation sites is 1. The number of aromatic nitrogens is 2. The predicted octanol–water partition coefficient (Wildman–Crippen LogP) is 5.12. The van der Waals surface area contributed by atoms with Gasteiger partial charge in [-0.25, -0.2) is 9.97 Å². The Kier molecular flexibility index (Phi) is 4.97. The largest absolute Gasteiger partial charge is 0.324 e. The normalized spacial score (nSPS) is 13.2. The summed E-state index contributed by atoms with van der Waals surface area (Å²) in [5, 5.41) is 3.96. The van der Waals surface area contributed by atoms with E-state index in [1.54, 1.807) is 23.1 Å². The lowest BCUT2D eigenvalue weighted by Gasteiger charge is -2.29. The highest BCUT2D eigenvalue weighted by molar-refractivity contribution is 6.42. The van der Waals surface area contributed by atoms with Crippen molar-refractivity contribution in [3.8, 4) is 0 Å². The van der Waals surface area contributed by atoms with E-state index in [-0.39, 0.29) is 5.91 Å². The van der Waals surface area contributed by atoms with E-state index >= 15 is 0 Å². The zero-order valence-corrected chi connectivity index (χ0v) is 15.8. The van der Waals surface area contributed by atoms with Gasteiger partial charge in [0, 0.05) is 30.3 Å². The number of carbonyl (C=O) groups is 1. The van der Waals surface area contributed by atoms with Crippen LogP contribution in [0.15, 0.2) is 54.9 Å². The number of benzene rings is 2. The number of fused-ring (bicyclic) bond motifs is 1. The van der Waals surface area contributed by atoms with Gasteiger partial charge >= 0.3 is 0 Å². The number of anilines is 3. The average Bonchev–Trinajstić information content (AvgIpc) is 2.70. The van der Waals surface area contributed by atoms with Gasteiger partial charge in [-0.15, -0.1) is 0 Å². The summed E-state index contributed by atoms with van der Waals surface area (Å²) in [4.78, 5) is 23.2. The van der Waals surface area contributed by atoms with Crippen LogP contribution in [-0.2, 0) is 6.42 Å². The summed E-state index contributed by atoms with van der Waals surface area (Å²) in [6.07, 6.45) is 5.00. The second-order valence-corrected chi connectivity index (χ2v) is 7.05.